The molecule has 2 unspecified atom stereocenters. The van der Waals surface area contributed by atoms with Gasteiger partial charge in [0.1, 0.15) is 0 Å². The summed E-state index contributed by atoms with van der Waals surface area (Å²) < 4.78 is 24.6. The van der Waals surface area contributed by atoms with E-state index in [0.717, 1.165) is 49.7 Å². The normalized spacial score (nSPS) is 21.1. The summed E-state index contributed by atoms with van der Waals surface area (Å²) in [7, 11) is -1.81. The van der Waals surface area contributed by atoms with Crippen LogP contribution in [0.3, 0.4) is 0 Å². The molecule has 1 aliphatic rings. The van der Waals surface area contributed by atoms with Crippen molar-refractivity contribution < 1.29 is 13.2 Å². The summed E-state index contributed by atoms with van der Waals surface area (Å²) in [5.74, 6) is 1.37. The lowest BCUT2D eigenvalue weighted by molar-refractivity contribution is 0.0947. The van der Waals surface area contributed by atoms with Crippen molar-refractivity contribution in [2.24, 2.45) is 11.8 Å². The van der Waals surface area contributed by atoms with E-state index in [1.165, 1.54) is 17.8 Å². The molecule has 1 amide bonds. The molecule has 27 heavy (non-hydrogen) atoms. The fourth-order valence-corrected chi connectivity index (χ4v) is 4.47. The number of anilines is 1. The van der Waals surface area contributed by atoms with Crippen LogP contribution in [-0.2, 0) is 10.0 Å². The average molecular weight is 396 g/mol. The molecule has 7 heteroatoms. The molecule has 0 aliphatic carbocycles. The third-order valence-electron chi connectivity index (χ3n) is 5.18. The minimum atomic E-state index is -3.32. The molecule has 152 valence electrons. The number of likely N-dealkylation sites (tertiary alicyclic amines) is 1. The molecular formula is C20H33N3O3S. The third kappa shape index (κ3) is 6.21. The SMILES string of the molecule is Cc1cc(C(=O)NCCCN2CC(C)CC(C)C2)ccc1N(C)S(C)(=O)=O. The van der Waals surface area contributed by atoms with Gasteiger partial charge in [-0.25, -0.2) is 8.42 Å². The molecule has 0 saturated carbocycles. The number of hydrogen-bond donors (Lipinski definition) is 1. The maximum atomic E-state index is 12.4. The molecule has 0 spiro atoms. The Morgan fingerprint density at radius 2 is 1.89 bits per heavy atom. The highest BCUT2D eigenvalue weighted by molar-refractivity contribution is 7.92. The quantitative estimate of drug-likeness (QED) is 0.720. The largest absolute Gasteiger partial charge is 0.352 e. The number of carbonyl (C=O) groups excluding carboxylic acids is 1. The van der Waals surface area contributed by atoms with Crippen LogP contribution in [0.1, 0.15) is 42.6 Å². The predicted molar refractivity (Wildman–Crippen MR) is 111 cm³/mol. The molecule has 2 atom stereocenters. The van der Waals surface area contributed by atoms with E-state index in [2.05, 4.69) is 24.1 Å². The first-order valence-electron chi connectivity index (χ1n) is 9.63. The van der Waals surface area contributed by atoms with Crippen LogP contribution in [0.5, 0.6) is 0 Å². The second-order valence-electron chi connectivity index (χ2n) is 8.05. The number of hydrogen-bond acceptors (Lipinski definition) is 4. The van der Waals surface area contributed by atoms with Crippen LogP contribution in [0.25, 0.3) is 0 Å². The highest BCUT2D eigenvalue weighted by Crippen LogP contribution is 2.22. The zero-order valence-electron chi connectivity index (χ0n) is 17.2. The van der Waals surface area contributed by atoms with Crippen molar-refractivity contribution in [3.05, 3.63) is 29.3 Å². The number of rotatable bonds is 7. The summed E-state index contributed by atoms with van der Waals surface area (Å²) in [6.07, 6.45) is 3.40. The summed E-state index contributed by atoms with van der Waals surface area (Å²) in [6.45, 7) is 10.4. The Morgan fingerprint density at radius 3 is 2.44 bits per heavy atom. The van der Waals surface area contributed by atoms with Crippen molar-refractivity contribution in [3.8, 4) is 0 Å². The van der Waals surface area contributed by atoms with Gasteiger partial charge in [0.05, 0.1) is 11.9 Å². The molecule has 1 aromatic rings. The highest BCUT2D eigenvalue weighted by Gasteiger charge is 2.21. The lowest BCUT2D eigenvalue weighted by Gasteiger charge is -2.34. The molecule has 0 bridgehead atoms. The number of nitrogens with zero attached hydrogens (tertiary/aromatic N) is 2. The summed E-state index contributed by atoms with van der Waals surface area (Å²) in [4.78, 5) is 14.9. The van der Waals surface area contributed by atoms with Gasteiger partial charge in [0.15, 0.2) is 0 Å². The molecule has 2 rings (SSSR count). The molecule has 1 fully saturated rings. The first kappa shape index (κ1) is 21.7. The Hall–Kier alpha value is -1.60. The van der Waals surface area contributed by atoms with E-state index in [1.54, 1.807) is 18.2 Å². The summed E-state index contributed by atoms with van der Waals surface area (Å²) >= 11 is 0. The van der Waals surface area contributed by atoms with Crippen LogP contribution in [0.15, 0.2) is 18.2 Å². The number of nitrogens with one attached hydrogen (secondary N) is 1. The summed E-state index contributed by atoms with van der Waals surface area (Å²) in [6, 6.07) is 5.09. The van der Waals surface area contributed by atoms with E-state index in [-0.39, 0.29) is 5.91 Å². The van der Waals surface area contributed by atoms with Crippen molar-refractivity contribution in [1.29, 1.82) is 0 Å². The first-order valence-corrected chi connectivity index (χ1v) is 11.5. The predicted octanol–water partition coefficient (Wildman–Crippen LogP) is 2.49. The van der Waals surface area contributed by atoms with Crippen LogP contribution < -0.4 is 9.62 Å². The highest BCUT2D eigenvalue weighted by atomic mass is 32.2. The van der Waals surface area contributed by atoms with Crippen LogP contribution in [0.2, 0.25) is 0 Å². The van der Waals surface area contributed by atoms with E-state index >= 15 is 0 Å². The maximum absolute atomic E-state index is 12.4. The fraction of sp³-hybridized carbons (Fsp3) is 0.650. The summed E-state index contributed by atoms with van der Waals surface area (Å²) in [5, 5.41) is 2.97. The van der Waals surface area contributed by atoms with Gasteiger partial charge in [-0.2, -0.15) is 0 Å². The van der Waals surface area contributed by atoms with Crippen molar-refractivity contribution in [2.45, 2.75) is 33.6 Å². The van der Waals surface area contributed by atoms with E-state index < -0.39 is 10.0 Å². The van der Waals surface area contributed by atoms with Crippen LogP contribution in [0, 0.1) is 18.8 Å². The van der Waals surface area contributed by atoms with E-state index in [0.29, 0.717) is 17.8 Å². The van der Waals surface area contributed by atoms with Crippen molar-refractivity contribution >= 4 is 21.6 Å². The fourth-order valence-electron chi connectivity index (χ4n) is 3.91. The molecule has 6 nitrogen and oxygen atoms in total. The number of benzene rings is 1. The standard InChI is InChI=1S/C20H33N3O3S/c1-15-11-16(2)14-23(13-15)10-6-9-21-20(24)18-7-8-19(17(3)12-18)22(4)27(5,25)26/h7-8,12,15-16H,6,9-11,13-14H2,1-5H3,(H,21,24). The van der Waals surface area contributed by atoms with E-state index in [1.807, 2.05) is 6.92 Å². The zero-order valence-corrected chi connectivity index (χ0v) is 18.0. The molecular weight excluding hydrogens is 362 g/mol. The van der Waals surface area contributed by atoms with Crippen molar-refractivity contribution in [3.63, 3.8) is 0 Å². The molecule has 1 saturated heterocycles. The molecule has 1 aromatic carbocycles. The maximum Gasteiger partial charge on any atom is 0.251 e. The van der Waals surface area contributed by atoms with E-state index in [4.69, 9.17) is 0 Å². The lowest BCUT2D eigenvalue weighted by Crippen LogP contribution is -2.40. The van der Waals surface area contributed by atoms with Gasteiger partial charge in [-0.1, -0.05) is 13.8 Å². The van der Waals surface area contributed by atoms with Crippen molar-refractivity contribution in [1.82, 2.24) is 10.2 Å². The Balaban J connectivity index is 1.85. The number of aryl methyl sites for hydroxylation is 1. The Morgan fingerprint density at radius 1 is 1.26 bits per heavy atom. The van der Waals surface area contributed by atoms with Gasteiger partial charge in [0.25, 0.3) is 5.91 Å². The smallest absolute Gasteiger partial charge is 0.251 e. The number of carbonyl (C=O) groups is 1. The number of amides is 1. The minimum Gasteiger partial charge on any atom is -0.352 e. The van der Waals surface area contributed by atoms with Crippen LogP contribution in [0.4, 0.5) is 5.69 Å². The van der Waals surface area contributed by atoms with Gasteiger partial charge in [-0.3, -0.25) is 9.10 Å². The first-order chi connectivity index (χ1) is 12.6. The van der Waals surface area contributed by atoms with E-state index in [9.17, 15) is 13.2 Å². The third-order valence-corrected chi connectivity index (χ3v) is 6.37. The zero-order chi connectivity index (χ0) is 20.2. The van der Waals surface area contributed by atoms with Crippen LogP contribution >= 0.6 is 0 Å². The summed E-state index contributed by atoms with van der Waals surface area (Å²) in [5.41, 5.74) is 1.90. The van der Waals surface area contributed by atoms with Gasteiger partial charge < -0.3 is 10.2 Å². The molecule has 0 radical (unpaired) electrons. The average Bonchev–Trinajstić information content (AvgIpc) is 2.56. The Labute approximate surface area is 164 Å². The lowest BCUT2D eigenvalue weighted by atomic mass is 9.92. The molecule has 1 aliphatic heterocycles. The van der Waals surface area contributed by atoms with Crippen molar-refractivity contribution in [2.75, 3.05) is 43.8 Å². The number of piperidine rings is 1. The second-order valence-corrected chi connectivity index (χ2v) is 10.1. The molecule has 1 N–H and O–H groups in total. The molecule has 1 heterocycles. The topological polar surface area (TPSA) is 69.7 Å². The second kappa shape index (κ2) is 9.06. The Bertz CT molecular complexity index is 754. The monoisotopic (exact) mass is 395 g/mol. The van der Waals surface area contributed by atoms with Gasteiger partial charge in [0.2, 0.25) is 10.0 Å². The van der Waals surface area contributed by atoms with Crippen LogP contribution in [-0.4, -0.2) is 58.7 Å². The minimum absolute atomic E-state index is 0.118. The van der Waals surface area contributed by atoms with Gasteiger partial charge in [-0.15, -0.1) is 0 Å². The van der Waals surface area contributed by atoms with Gasteiger partial charge in [0, 0.05) is 32.2 Å². The Kier molecular flexibility index (Phi) is 7.28. The molecule has 0 aromatic heterocycles. The number of sulfonamides is 1. The van der Waals surface area contributed by atoms with Gasteiger partial charge >= 0.3 is 0 Å². The van der Waals surface area contributed by atoms with Gasteiger partial charge in [-0.05, 0) is 61.9 Å².